The van der Waals surface area contributed by atoms with Crippen LogP contribution in [0.1, 0.15) is 13.3 Å². The van der Waals surface area contributed by atoms with E-state index in [4.69, 9.17) is 4.55 Å². The van der Waals surface area contributed by atoms with Gasteiger partial charge in [0.2, 0.25) is 0 Å². The second kappa shape index (κ2) is 4.12. The van der Waals surface area contributed by atoms with Gasteiger partial charge in [0.15, 0.2) is 0 Å². The molecule has 0 aliphatic heterocycles. The van der Waals surface area contributed by atoms with E-state index in [2.05, 4.69) is 0 Å². The van der Waals surface area contributed by atoms with Gasteiger partial charge in [-0.3, -0.25) is 4.55 Å². The van der Waals surface area contributed by atoms with Crippen molar-refractivity contribution in [3.05, 3.63) is 0 Å². The minimum absolute atomic E-state index is 0. The third-order valence-electron chi connectivity index (χ3n) is 0.462. The largest absolute Gasteiger partial charge is 0.286 e. The van der Waals surface area contributed by atoms with Crippen LogP contribution in [0.5, 0.6) is 0 Å². The van der Waals surface area contributed by atoms with Crippen LogP contribution < -0.4 is 0 Å². The van der Waals surface area contributed by atoms with Crippen LogP contribution in [0.15, 0.2) is 0 Å². The fourth-order valence-corrected chi connectivity index (χ4v) is 0.774. The molecule has 0 unspecified atom stereocenters. The van der Waals surface area contributed by atoms with Crippen LogP contribution in [0.2, 0.25) is 0 Å². The third-order valence-corrected chi connectivity index (χ3v) is 1.39. The predicted octanol–water partition coefficient (Wildman–Crippen LogP) is 0.706. The van der Waals surface area contributed by atoms with Crippen molar-refractivity contribution in [2.75, 3.05) is 5.75 Å². The number of halogens is 1. The van der Waals surface area contributed by atoms with Crippen LogP contribution in [0, 0.1) is 0 Å². The Morgan fingerprint density at radius 2 is 1.88 bits per heavy atom. The van der Waals surface area contributed by atoms with E-state index in [0.717, 1.165) is 0 Å². The molecule has 0 aromatic carbocycles. The van der Waals surface area contributed by atoms with Gasteiger partial charge in [0, 0.05) is 0 Å². The van der Waals surface area contributed by atoms with Gasteiger partial charge in [-0.25, -0.2) is 0 Å². The van der Waals surface area contributed by atoms with Gasteiger partial charge >= 0.3 is 0 Å². The van der Waals surface area contributed by atoms with Crippen molar-refractivity contribution in [1.82, 2.24) is 0 Å². The monoisotopic (exact) mass is 160 g/mol. The Bertz CT molecular complexity index is 127. The van der Waals surface area contributed by atoms with Crippen molar-refractivity contribution in [1.29, 1.82) is 0 Å². The summed E-state index contributed by atoms with van der Waals surface area (Å²) < 4.78 is 27.6. The molecule has 1 N–H and O–H groups in total. The Labute approximate surface area is 55.3 Å². The summed E-state index contributed by atoms with van der Waals surface area (Å²) in [7, 11) is -3.67. The second-order valence-corrected chi connectivity index (χ2v) is 2.86. The van der Waals surface area contributed by atoms with E-state index in [-0.39, 0.29) is 18.2 Å². The standard InChI is InChI=1S/C3H8O3S.ClH/c1-2-3-7(4,5)6;/h2-3H2,1H3,(H,4,5,6);1H. The molecule has 0 rings (SSSR count). The van der Waals surface area contributed by atoms with E-state index in [1.165, 1.54) is 0 Å². The van der Waals surface area contributed by atoms with E-state index in [1.54, 1.807) is 6.92 Å². The molecule has 0 aliphatic rings. The van der Waals surface area contributed by atoms with E-state index >= 15 is 0 Å². The van der Waals surface area contributed by atoms with Crippen LogP contribution in [-0.4, -0.2) is 18.7 Å². The lowest BCUT2D eigenvalue weighted by molar-refractivity contribution is 0.482. The first-order valence-corrected chi connectivity index (χ1v) is 3.62. The second-order valence-electron chi connectivity index (χ2n) is 1.29. The van der Waals surface area contributed by atoms with Crippen molar-refractivity contribution < 1.29 is 13.0 Å². The Hall–Kier alpha value is 0.200. The first-order chi connectivity index (χ1) is 3.06. The maximum Gasteiger partial charge on any atom is 0.264 e. The number of hydrogen-bond donors (Lipinski definition) is 1. The van der Waals surface area contributed by atoms with Crippen molar-refractivity contribution >= 4 is 22.5 Å². The summed E-state index contributed by atoms with van der Waals surface area (Å²) in [4.78, 5) is 0. The van der Waals surface area contributed by atoms with Crippen molar-refractivity contribution in [2.45, 2.75) is 13.3 Å². The van der Waals surface area contributed by atoms with E-state index in [9.17, 15) is 8.42 Å². The quantitative estimate of drug-likeness (QED) is 0.606. The van der Waals surface area contributed by atoms with Gasteiger partial charge in [-0.2, -0.15) is 8.42 Å². The summed E-state index contributed by atoms with van der Waals surface area (Å²) in [5.74, 6) is -0.132. The Morgan fingerprint density at radius 1 is 1.50 bits per heavy atom. The van der Waals surface area contributed by atoms with Gasteiger partial charge in [0.05, 0.1) is 5.75 Å². The zero-order valence-electron chi connectivity index (χ0n) is 4.49. The number of rotatable bonds is 2. The van der Waals surface area contributed by atoms with Gasteiger partial charge in [-0.1, -0.05) is 6.92 Å². The van der Waals surface area contributed by atoms with Crippen molar-refractivity contribution in [3.8, 4) is 0 Å². The summed E-state index contributed by atoms with van der Waals surface area (Å²) in [6.45, 7) is 1.69. The fourth-order valence-electron chi connectivity index (χ4n) is 0.258. The van der Waals surface area contributed by atoms with Crippen LogP contribution in [0.25, 0.3) is 0 Å². The maximum atomic E-state index is 9.79. The van der Waals surface area contributed by atoms with Crippen LogP contribution in [-0.2, 0) is 10.1 Å². The van der Waals surface area contributed by atoms with Gasteiger partial charge in [-0.05, 0) is 6.42 Å². The molecular weight excluding hydrogens is 152 g/mol. The first kappa shape index (κ1) is 11.1. The maximum absolute atomic E-state index is 9.79. The molecule has 5 heteroatoms. The molecule has 3 nitrogen and oxygen atoms in total. The zero-order chi connectivity index (χ0) is 5.91. The summed E-state index contributed by atoms with van der Waals surface area (Å²) in [6, 6.07) is 0. The molecule has 8 heavy (non-hydrogen) atoms. The lowest BCUT2D eigenvalue weighted by atomic mass is 10.6. The summed E-state index contributed by atoms with van der Waals surface area (Å²) in [5, 5.41) is 0. The molecule has 0 aromatic rings. The van der Waals surface area contributed by atoms with Gasteiger partial charge in [0.25, 0.3) is 10.1 Å². The molecule has 0 amide bonds. The molecule has 0 bridgehead atoms. The molecule has 52 valence electrons. The lowest BCUT2D eigenvalue weighted by Crippen LogP contribution is -2.01. The van der Waals surface area contributed by atoms with Crippen molar-refractivity contribution in [3.63, 3.8) is 0 Å². The van der Waals surface area contributed by atoms with Crippen LogP contribution in [0.3, 0.4) is 0 Å². The lowest BCUT2D eigenvalue weighted by Gasteiger charge is -1.85. The third kappa shape index (κ3) is 9.50. The SMILES string of the molecule is CCCS(=O)(=O)O.Cl. The average molecular weight is 161 g/mol. The summed E-state index contributed by atoms with van der Waals surface area (Å²) >= 11 is 0. The summed E-state index contributed by atoms with van der Waals surface area (Å²) in [5.41, 5.74) is 0. The van der Waals surface area contributed by atoms with Crippen molar-refractivity contribution in [2.24, 2.45) is 0 Å². The molecule has 0 aliphatic carbocycles. The highest BCUT2D eigenvalue weighted by Crippen LogP contribution is 1.83. The normalized spacial score (nSPS) is 10.2. The smallest absolute Gasteiger partial charge is 0.264 e. The molecule has 0 fully saturated rings. The zero-order valence-corrected chi connectivity index (χ0v) is 6.13. The Kier molecular flexibility index (Phi) is 5.69. The van der Waals surface area contributed by atoms with E-state index in [0.29, 0.717) is 6.42 Å². The molecule has 0 spiro atoms. The minimum Gasteiger partial charge on any atom is -0.286 e. The topological polar surface area (TPSA) is 54.4 Å². The summed E-state index contributed by atoms with van der Waals surface area (Å²) in [6.07, 6.45) is 0.471. The Balaban J connectivity index is 0. The molecule has 0 aromatic heterocycles. The van der Waals surface area contributed by atoms with E-state index in [1.807, 2.05) is 0 Å². The molecular formula is C3H9ClO3S. The number of hydrogen-bond acceptors (Lipinski definition) is 2. The minimum atomic E-state index is -3.67. The fraction of sp³-hybridized carbons (Fsp3) is 1.00. The van der Waals surface area contributed by atoms with Gasteiger partial charge in [-0.15, -0.1) is 12.4 Å². The molecule has 0 radical (unpaired) electrons. The van der Waals surface area contributed by atoms with Crippen LogP contribution >= 0.6 is 12.4 Å². The van der Waals surface area contributed by atoms with Gasteiger partial charge < -0.3 is 0 Å². The highest BCUT2D eigenvalue weighted by Gasteiger charge is 1.98. The van der Waals surface area contributed by atoms with E-state index < -0.39 is 10.1 Å². The highest BCUT2D eigenvalue weighted by molar-refractivity contribution is 7.85. The molecule has 0 heterocycles. The van der Waals surface area contributed by atoms with Crippen LogP contribution in [0.4, 0.5) is 0 Å². The molecule has 0 saturated heterocycles. The highest BCUT2D eigenvalue weighted by atomic mass is 35.5. The molecule has 0 saturated carbocycles. The Morgan fingerprint density at radius 3 is 1.88 bits per heavy atom. The van der Waals surface area contributed by atoms with Gasteiger partial charge in [0.1, 0.15) is 0 Å². The first-order valence-electron chi connectivity index (χ1n) is 2.01. The average Bonchev–Trinajstić information content (AvgIpc) is 1.30. The molecule has 0 atom stereocenters. The predicted molar refractivity (Wildman–Crippen MR) is 34.0 cm³/mol.